The quantitative estimate of drug-likeness (QED) is 0.687. The molecule has 26 heavy (non-hydrogen) atoms. The lowest BCUT2D eigenvalue weighted by Gasteiger charge is -2.18. The van der Waals surface area contributed by atoms with Gasteiger partial charge in [0.2, 0.25) is 0 Å². The van der Waals surface area contributed by atoms with Crippen molar-refractivity contribution in [1.29, 1.82) is 0 Å². The van der Waals surface area contributed by atoms with Gasteiger partial charge in [0.1, 0.15) is 11.3 Å². The number of carbonyl (C=O) groups is 2. The van der Waals surface area contributed by atoms with Gasteiger partial charge in [0.05, 0.1) is 26.7 Å². The minimum atomic E-state index is -0.547. The summed E-state index contributed by atoms with van der Waals surface area (Å²) < 4.78 is 15.5. The van der Waals surface area contributed by atoms with Crippen molar-refractivity contribution < 1.29 is 23.5 Å². The Morgan fingerprint density at radius 1 is 1.08 bits per heavy atom. The fraction of sp³-hybridized carbons (Fsp3) is 0.200. The molecule has 134 valence electrons. The van der Waals surface area contributed by atoms with E-state index in [1.165, 1.54) is 7.11 Å². The molecule has 3 aromatic rings. The fourth-order valence-corrected chi connectivity index (χ4v) is 2.66. The van der Waals surface area contributed by atoms with Crippen LogP contribution in [0.15, 0.2) is 59.0 Å². The van der Waals surface area contributed by atoms with Crippen LogP contribution < -0.4 is 10.1 Å². The van der Waals surface area contributed by atoms with Gasteiger partial charge in [-0.15, -0.1) is 0 Å². The third-order valence-electron chi connectivity index (χ3n) is 4.07. The minimum absolute atomic E-state index is 0.00873. The monoisotopic (exact) mass is 353 g/mol. The number of rotatable bonds is 6. The van der Waals surface area contributed by atoms with E-state index < -0.39 is 17.9 Å². The first-order valence-corrected chi connectivity index (χ1v) is 8.11. The third-order valence-corrected chi connectivity index (χ3v) is 4.07. The maximum atomic E-state index is 12.6. The molecule has 0 radical (unpaired) electrons. The van der Waals surface area contributed by atoms with E-state index in [2.05, 4.69) is 5.32 Å². The summed E-state index contributed by atoms with van der Waals surface area (Å²) in [6, 6.07) is 15.6. The van der Waals surface area contributed by atoms with Crippen molar-refractivity contribution in [2.45, 2.75) is 12.5 Å². The van der Waals surface area contributed by atoms with Crippen molar-refractivity contribution in [3.05, 3.63) is 65.9 Å². The normalized spacial score (nSPS) is 11.8. The highest BCUT2D eigenvalue weighted by molar-refractivity contribution is 5.96. The van der Waals surface area contributed by atoms with Gasteiger partial charge in [-0.2, -0.15) is 0 Å². The number of furan rings is 1. The Labute approximate surface area is 150 Å². The third kappa shape index (κ3) is 3.85. The molecule has 0 aliphatic heterocycles. The second-order valence-electron chi connectivity index (χ2n) is 5.73. The van der Waals surface area contributed by atoms with Crippen LogP contribution in [0.2, 0.25) is 0 Å². The van der Waals surface area contributed by atoms with Crippen LogP contribution in [0.1, 0.15) is 28.6 Å². The molecule has 0 aliphatic rings. The Morgan fingerprint density at radius 3 is 2.46 bits per heavy atom. The highest BCUT2D eigenvalue weighted by Gasteiger charge is 2.21. The smallest absolute Gasteiger partial charge is 0.307 e. The van der Waals surface area contributed by atoms with Gasteiger partial charge in [0, 0.05) is 5.39 Å². The molecule has 1 unspecified atom stereocenters. The molecule has 1 amide bonds. The minimum Gasteiger partial charge on any atom is -0.497 e. The summed E-state index contributed by atoms with van der Waals surface area (Å²) in [5.41, 5.74) is 1.40. The molecule has 3 rings (SSSR count). The predicted molar refractivity (Wildman–Crippen MR) is 96.0 cm³/mol. The molecule has 1 heterocycles. The van der Waals surface area contributed by atoms with Crippen LogP contribution in [0.4, 0.5) is 0 Å². The van der Waals surface area contributed by atoms with E-state index in [-0.39, 0.29) is 12.2 Å². The van der Waals surface area contributed by atoms with E-state index in [4.69, 9.17) is 13.9 Å². The lowest BCUT2D eigenvalue weighted by Crippen LogP contribution is -2.30. The van der Waals surface area contributed by atoms with Crippen molar-refractivity contribution in [2.24, 2.45) is 0 Å². The summed E-state index contributed by atoms with van der Waals surface area (Å²) in [4.78, 5) is 24.4. The first-order chi connectivity index (χ1) is 12.6. The Balaban J connectivity index is 1.83. The molecule has 0 saturated carbocycles. The number of esters is 1. The van der Waals surface area contributed by atoms with E-state index in [0.717, 1.165) is 10.9 Å². The Kier molecular flexibility index (Phi) is 5.22. The van der Waals surface area contributed by atoms with Crippen LogP contribution in [0, 0.1) is 0 Å². The Bertz CT molecular complexity index is 880. The predicted octanol–water partition coefficient (Wildman–Crippen LogP) is 3.48. The number of para-hydroxylation sites is 1. The SMILES string of the molecule is COC(=O)CC(NC(=O)c1cc2ccccc2o1)c1ccc(OC)cc1. The van der Waals surface area contributed by atoms with E-state index in [1.54, 1.807) is 43.5 Å². The number of carbonyl (C=O) groups excluding carboxylic acids is 2. The summed E-state index contributed by atoms with van der Waals surface area (Å²) in [6.45, 7) is 0. The van der Waals surface area contributed by atoms with E-state index >= 15 is 0 Å². The van der Waals surface area contributed by atoms with Crippen molar-refractivity contribution in [3.8, 4) is 5.75 Å². The molecule has 6 heteroatoms. The lowest BCUT2D eigenvalue weighted by molar-refractivity contribution is -0.141. The molecule has 2 aromatic carbocycles. The maximum Gasteiger partial charge on any atom is 0.307 e. The van der Waals surface area contributed by atoms with E-state index in [1.807, 2.05) is 18.2 Å². The van der Waals surface area contributed by atoms with Gasteiger partial charge in [0.15, 0.2) is 5.76 Å². The van der Waals surface area contributed by atoms with Crippen molar-refractivity contribution in [1.82, 2.24) is 5.32 Å². The van der Waals surface area contributed by atoms with Crippen LogP contribution in [0.5, 0.6) is 5.75 Å². The van der Waals surface area contributed by atoms with Crippen molar-refractivity contribution >= 4 is 22.8 Å². The summed E-state index contributed by atoms with van der Waals surface area (Å²) in [5.74, 6) is 0.0606. The number of fused-ring (bicyclic) bond motifs is 1. The van der Waals surface area contributed by atoms with Gasteiger partial charge in [0.25, 0.3) is 5.91 Å². The van der Waals surface area contributed by atoms with Crippen LogP contribution >= 0.6 is 0 Å². The van der Waals surface area contributed by atoms with Gasteiger partial charge in [-0.05, 0) is 29.8 Å². The summed E-state index contributed by atoms with van der Waals surface area (Å²) in [5, 5.41) is 3.68. The molecule has 0 fully saturated rings. The van der Waals surface area contributed by atoms with Crippen LogP contribution in [0.25, 0.3) is 11.0 Å². The molecule has 0 saturated heterocycles. The molecule has 1 aromatic heterocycles. The molecule has 1 N–H and O–H groups in total. The van der Waals surface area contributed by atoms with Gasteiger partial charge < -0.3 is 19.2 Å². The number of hydrogen-bond acceptors (Lipinski definition) is 5. The fourth-order valence-electron chi connectivity index (χ4n) is 2.66. The van der Waals surface area contributed by atoms with E-state index in [0.29, 0.717) is 11.3 Å². The largest absolute Gasteiger partial charge is 0.497 e. The summed E-state index contributed by atoms with van der Waals surface area (Å²) >= 11 is 0. The molecule has 1 atom stereocenters. The molecule has 0 aliphatic carbocycles. The summed E-state index contributed by atoms with van der Waals surface area (Å²) in [6.07, 6.45) is 0.00873. The molecular weight excluding hydrogens is 334 g/mol. The lowest BCUT2D eigenvalue weighted by atomic mass is 10.0. The zero-order valence-electron chi connectivity index (χ0n) is 14.5. The summed E-state index contributed by atoms with van der Waals surface area (Å²) in [7, 11) is 2.89. The van der Waals surface area contributed by atoms with Crippen molar-refractivity contribution in [3.63, 3.8) is 0 Å². The van der Waals surface area contributed by atoms with Crippen LogP contribution in [-0.2, 0) is 9.53 Å². The Morgan fingerprint density at radius 2 is 1.81 bits per heavy atom. The first kappa shape index (κ1) is 17.5. The average molecular weight is 353 g/mol. The second-order valence-corrected chi connectivity index (χ2v) is 5.73. The molecule has 0 spiro atoms. The zero-order valence-corrected chi connectivity index (χ0v) is 14.5. The highest BCUT2D eigenvalue weighted by atomic mass is 16.5. The standard InChI is InChI=1S/C20H19NO5/c1-24-15-9-7-13(8-10-15)16(12-19(22)25-2)21-20(23)18-11-14-5-3-4-6-17(14)26-18/h3-11,16H,12H2,1-2H3,(H,21,23). The van der Waals surface area contributed by atoms with Gasteiger partial charge in [-0.1, -0.05) is 30.3 Å². The van der Waals surface area contributed by atoms with Crippen molar-refractivity contribution in [2.75, 3.05) is 14.2 Å². The number of ether oxygens (including phenoxy) is 2. The topological polar surface area (TPSA) is 77.8 Å². The zero-order chi connectivity index (χ0) is 18.5. The van der Waals surface area contributed by atoms with Crippen LogP contribution in [0.3, 0.4) is 0 Å². The van der Waals surface area contributed by atoms with Gasteiger partial charge >= 0.3 is 5.97 Å². The second kappa shape index (κ2) is 7.74. The van der Waals surface area contributed by atoms with Gasteiger partial charge in [-0.25, -0.2) is 0 Å². The highest BCUT2D eigenvalue weighted by Crippen LogP contribution is 2.23. The number of benzene rings is 2. The van der Waals surface area contributed by atoms with E-state index in [9.17, 15) is 9.59 Å². The number of nitrogens with one attached hydrogen (secondary N) is 1. The van der Waals surface area contributed by atoms with Crippen LogP contribution in [-0.4, -0.2) is 26.1 Å². The molecule has 0 bridgehead atoms. The Hall–Kier alpha value is -3.28. The number of amides is 1. The molecule has 6 nitrogen and oxygen atoms in total. The maximum absolute atomic E-state index is 12.6. The number of methoxy groups -OCH3 is 2. The molecular formula is C20H19NO5. The first-order valence-electron chi connectivity index (χ1n) is 8.11. The van der Waals surface area contributed by atoms with Gasteiger partial charge in [-0.3, -0.25) is 9.59 Å². The average Bonchev–Trinajstić information content (AvgIpc) is 3.11. The number of hydrogen-bond donors (Lipinski definition) is 1.